The second-order valence-corrected chi connectivity index (χ2v) is 5.50. The van der Waals surface area contributed by atoms with E-state index in [1.807, 2.05) is 0 Å². The van der Waals surface area contributed by atoms with Gasteiger partial charge in [0.1, 0.15) is 5.75 Å². The van der Waals surface area contributed by atoms with E-state index in [4.69, 9.17) is 5.73 Å². The van der Waals surface area contributed by atoms with Gasteiger partial charge in [-0.25, -0.2) is 0 Å². The first kappa shape index (κ1) is 17.3. The fourth-order valence-corrected chi connectivity index (χ4v) is 2.25. The monoisotopic (exact) mass is 292 g/mol. The van der Waals surface area contributed by atoms with Gasteiger partial charge >= 0.3 is 0 Å². The number of nitrogens with two attached hydrogens (primary N) is 1. The van der Waals surface area contributed by atoms with E-state index in [9.17, 15) is 9.90 Å². The predicted octanol–water partition coefficient (Wildman–Crippen LogP) is 3.84. The summed E-state index contributed by atoms with van der Waals surface area (Å²) in [6.07, 6.45) is 9.97. The maximum Gasteiger partial charge on any atom is 0.251 e. The van der Waals surface area contributed by atoms with Crippen molar-refractivity contribution in [2.24, 2.45) is 0 Å². The van der Waals surface area contributed by atoms with Crippen LogP contribution in [0.15, 0.2) is 18.2 Å². The van der Waals surface area contributed by atoms with Crippen LogP contribution in [0.4, 0.5) is 5.69 Å². The minimum Gasteiger partial charge on any atom is -0.506 e. The van der Waals surface area contributed by atoms with Crippen molar-refractivity contribution in [3.63, 3.8) is 0 Å². The van der Waals surface area contributed by atoms with Gasteiger partial charge in [0.05, 0.1) is 5.69 Å². The van der Waals surface area contributed by atoms with Crippen LogP contribution in [0.2, 0.25) is 0 Å². The molecule has 0 aliphatic rings. The third-order valence-corrected chi connectivity index (χ3v) is 3.61. The highest BCUT2D eigenvalue weighted by atomic mass is 16.3. The number of phenols is 1. The number of nitrogen functional groups attached to an aromatic ring is 1. The van der Waals surface area contributed by atoms with E-state index in [0.29, 0.717) is 12.1 Å². The maximum atomic E-state index is 11.9. The molecule has 118 valence electrons. The van der Waals surface area contributed by atoms with Crippen LogP contribution in [0.3, 0.4) is 0 Å². The lowest BCUT2D eigenvalue weighted by Gasteiger charge is -2.06. The van der Waals surface area contributed by atoms with Gasteiger partial charge in [0.25, 0.3) is 5.91 Å². The molecule has 0 heterocycles. The lowest BCUT2D eigenvalue weighted by atomic mass is 10.1. The van der Waals surface area contributed by atoms with Crippen molar-refractivity contribution in [3.8, 4) is 5.75 Å². The minimum absolute atomic E-state index is 0.0465. The quantitative estimate of drug-likeness (QED) is 0.348. The second-order valence-electron chi connectivity index (χ2n) is 5.50. The van der Waals surface area contributed by atoms with Gasteiger partial charge in [-0.3, -0.25) is 4.79 Å². The van der Waals surface area contributed by atoms with Crippen molar-refractivity contribution in [3.05, 3.63) is 23.8 Å². The summed E-state index contributed by atoms with van der Waals surface area (Å²) in [7, 11) is 0. The average molecular weight is 292 g/mol. The molecule has 0 aliphatic heterocycles. The number of amides is 1. The molecule has 1 rings (SSSR count). The molecule has 0 saturated carbocycles. The van der Waals surface area contributed by atoms with Crippen molar-refractivity contribution in [2.75, 3.05) is 12.3 Å². The minimum atomic E-state index is -0.159. The normalized spacial score (nSPS) is 10.5. The Morgan fingerprint density at radius 3 is 2.33 bits per heavy atom. The molecule has 4 nitrogen and oxygen atoms in total. The van der Waals surface area contributed by atoms with Crippen LogP contribution >= 0.6 is 0 Å². The SMILES string of the molecule is CCCCCCCCCCNC(=O)c1ccc(N)c(O)c1. The number of phenolic OH excluding ortho intramolecular Hbond substituents is 1. The summed E-state index contributed by atoms with van der Waals surface area (Å²) in [6, 6.07) is 4.57. The van der Waals surface area contributed by atoms with Gasteiger partial charge in [-0.2, -0.15) is 0 Å². The third kappa shape index (κ3) is 7.02. The summed E-state index contributed by atoms with van der Waals surface area (Å²) in [6.45, 7) is 2.91. The number of hydrogen-bond donors (Lipinski definition) is 3. The molecule has 1 amide bonds. The van der Waals surface area contributed by atoms with Gasteiger partial charge in [-0.1, -0.05) is 51.9 Å². The number of aromatic hydroxyl groups is 1. The van der Waals surface area contributed by atoms with E-state index < -0.39 is 0 Å². The first-order valence-corrected chi connectivity index (χ1v) is 8.02. The zero-order valence-corrected chi connectivity index (χ0v) is 13.0. The molecule has 1 aromatic rings. The molecule has 0 aromatic heterocycles. The molecule has 1 aromatic carbocycles. The van der Waals surface area contributed by atoms with Crippen molar-refractivity contribution in [2.45, 2.75) is 58.3 Å². The number of unbranched alkanes of at least 4 members (excludes halogenated alkanes) is 7. The molecule has 21 heavy (non-hydrogen) atoms. The number of benzene rings is 1. The van der Waals surface area contributed by atoms with Gasteiger partial charge in [0, 0.05) is 12.1 Å². The Bertz CT molecular complexity index is 433. The Morgan fingerprint density at radius 1 is 1.10 bits per heavy atom. The van der Waals surface area contributed by atoms with Crippen LogP contribution in [0, 0.1) is 0 Å². The zero-order valence-electron chi connectivity index (χ0n) is 13.0. The molecule has 0 atom stereocenters. The summed E-state index contributed by atoms with van der Waals surface area (Å²) < 4.78 is 0. The lowest BCUT2D eigenvalue weighted by molar-refractivity contribution is 0.0952. The molecular formula is C17H28N2O2. The van der Waals surface area contributed by atoms with Gasteiger partial charge in [0.2, 0.25) is 0 Å². The fraction of sp³-hybridized carbons (Fsp3) is 0.588. The molecule has 4 heteroatoms. The molecule has 0 aliphatic carbocycles. The summed E-state index contributed by atoms with van der Waals surface area (Å²) >= 11 is 0. The van der Waals surface area contributed by atoms with Crippen molar-refractivity contribution < 1.29 is 9.90 Å². The summed E-state index contributed by atoms with van der Waals surface area (Å²) in [5.74, 6) is -0.206. The molecule has 0 fully saturated rings. The van der Waals surface area contributed by atoms with Crippen LogP contribution in [-0.4, -0.2) is 17.6 Å². The van der Waals surface area contributed by atoms with Gasteiger partial charge in [-0.05, 0) is 24.6 Å². The zero-order chi connectivity index (χ0) is 15.5. The van der Waals surface area contributed by atoms with E-state index in [2.05, 4.69) is 12.2 Å². The fourth-order valence-electron chi connectivity index (χ4n) is 2.25. The Labute approximate surface area is 127 Å². The second kappa shape index (κ2) is 10.1. The van der Waals surface area contributed by atoms with Gasteiger partial charge in [0.15, 0.2) is 0 Å². The summed E-state index contributed by atoms with van der Waals surface area (Å²) in [5.41, 5.74) is 6.24. The summed E-state index contributed by atoms with van der Waals surface area (Å²) in [5, 5.41) is 12.3. The first-order chi connectivity index (χ1) is 10.1. The van der Waals surface area contributed by atoms with Crippen LogP contribution in [-0.2, 0) is 0 Å². The van der Waals surface area contributed by atoms with E-state index >= 15 is 0 Å². The van der Waals surface area contributed by atoms with Gasteiger partial charge in [-0.15, -0.1) is 0 Å². The topological polar surface area (TPSA) is 75.4 Å². The lowest BCUT2D eigenvalue weighted by Crippen LogP contribution is -2.24. The Morgan fingerprint density at radius 2 is 1.71 bits per heavy atom. The molecule has 0 saturated heterocycles. The Hall–Kier alpha value is -1.71. The Balaban J connectivity index is 2.09. The number of rotatable bonds is 10. The van der Waals surface area contributed by atoms with Crippen molar-refractivity contribution in [1.29, 1.82) is 0 Å². The third-order valence-electron chi connectivity index (χ3n) is 3.61. The van der Waals surface area contributed by atoms with Crippen molar-refractivity contribution >= 4 is 11.6 Å². The average Bonchev–Trinajstić information content (AvgIpc) is 2.48. The molecule has 0 unspecified atom stereocenters. The number of carbonyl (C=O) groups is 1. The van der Waals surface area contributed by atoms with E-state index in [0.717, 1.165) is 12.8 Å². The van der Waals surface area contributed by atoms with Gasteiger partial charge < -0.3 is 16.2 Å². The van der Waals surface area contributed by atoms with Crippen LogP contribution in [0.25, 0.3) is 0 Å². The number of anilines is 1. The highest BCUT2D eigenvalue weighted by Gasteiger charge is 2.07. The first-order valence-electron chi connectivity index (χ1n) is 8.02. The maximum absolute atomic E-state index is 11.9. The highest BCUT2D eigenvalue weighted by molar-refractivity contribution is 5.95. The van der Waals surface area contributed by atoms with Crippen LogP contribution in [0.5, 0.6) is 5.75 Å². The van der Waals surface area contributed by atoms with Crippen molar-refractivity contribution in [1.82, 2.24) is 5.32 Å². The number of hydrogen-bond acceptors (Lipinski definition) is 3. The van der Waals surface area contributed by atoms with E-state index in [-0.39, 0.29) is 17.3 Å². The largest absolute Gasteiger partial charge is 0.506 e. The molecule has 0 radical (unpaired) electrons. The molecule has 0 spiro atoms. The summed E-state index contributed by atoms with van der Waals surface area (Å²) in [4.78, 5) is 11.9. The smallest absolute Gasteiger partial charge is 0.251 e. The highest BCUT2D eigenvalue weighted by Crippen LogP contribution is 2.20. The molecule has 4 N–H and O–H groups in total. The van der Waals surface area contributed by atoms with Crippen LogP contribution < -0.4 is 11.1 Å². The number of nitrogens with one attached hydrogen (secondary N) is 1. The van der Waals surface area contributed by atoms with E-state index in [1.54, 1.807) is 12.1 Å². The molecular weight excluding hydrogens is 264 g/mol. The van der Waals surface area contributed by atoms with E-state index in [1.165, 1.54) is 44.6 Å². The Kier molecular flexibility index (Phi) is 8.32. The van der Waals surface area contributed by atoms with Crippen LogP contribution in [0.1, 0.15) is 68.6 Å². The standard InChI is InChI=1S/C17H28N2O2/c1-2-3-4-5-6-7-8-9-12-19-17(21)14-10-11-15(18)16(20)13-14/h10-11,13,20H,2-9,12,18H2,1H3,(H,19,21). The number of carbonyl (C=O) groups excluding carboxylic acids is 1. The predicted molar refractivity (Wildman–Crippen MR) is 87.5 cm³/mol. The molecule has 0 bridgehead atoms.